The maximum absolute atomic E-state index is 12.1. The summed E-state index contributed by atoms with van der Waals surface area (Å²) in [5.74, 6) is 1.06. The summed E-state index contributed by atoms with van der Waals surface area (Å²) in [6.07, 6.45) is 2.52. The number of nitrogens with zero attached hydrogens (tertiary/aromatic N) is 2. The fourth-order valence-electron chi connectivity index (χ4n) is 2.58. The van der Waals surface area contributed by atoms with Crippen LogP contribution in [0.25, 0.3) is 0 Å². The first-order valence-electron chi connectivity index (χ1n) is 9.97. The molecular weight excluding hydrogens is 364 g/mol. The normalized spacial score (nSPS) is 11.6. The van der Waals surface area contributed by atoms with E-state index in [9.17, 15) is 9.59 Å². The topological polar surface area (TPSA) is 83.5 Å². The second kappa shape index (κ2) is 10.5. The standard InChI is InChI=1S/C23H30N4O2/c1-15(2)12-13-24-23(29)19-8-6-18(7-9-19)17(5)26-27-21-11-10-20(14-25-21)22(28)16(3)4/h6-11,14-16H,12-13H2,1-5H3,(H,24,29)(H,25,27)/b26-17+. The van der Waals surface area contributed by atoms with Crippen molar-refractivity contribution in [2.24, 2.45) is 16.9 Å². The Balaban J connectivity index is 1.96. The molecule has 0 saturated heterocycles. The number of aromatic nitrogens is 1. The Labute approximate surface area is 172 Å². The van der Waals surface area contributed by atoms with Gasteiger partial charge in [0.1, 0.15) is 5.82 Å². The summed E-state index contributed by atoms with van der Waals surface area (Å²) in [6, 6.07) is 10.8. The lowest BCUT2D eigenvalue weighted by Crippen LogP contribution is -2.25. The molecule has 0 aliphatic rings. The molecule has 2 aromatic rings. The Hall–Kier alpha value is -3.02. The highest BCUT2D eigenvalue weighted by Gasteiger charge is 2.10. The SMILES string of the molecule is C/C(=N\Nc1ccc(C(=O)C(C)C)cn1)c1ccc(C(=O)NCCC(C)C)cc1. The van der Waals surface area contributed by atoms with Crippen LogP contribution in [0.3, 0.4) is 0 Å². The molecule has 1 aromatic carbocycles. The number of carbonyl (C=O) groups excluding carboxylic acids is 2. The van der Waals surface area contributed by atoms with E-state index in [-0.39, 0.29) is 17.6 Å². The number of pyridine rings is 1. The largest absolute Gasteiger partial charge is 0.352 e. The minimum Gasteiger partial charge on any atom is -0.352 e. The molecule has 0 radical (unpaired) electrons. The average Bonchev–Trinajstić information content (AvgIpc) is 2.71. The molecular formula is C23H30N4O2. The van der Waals surface area contributed by atoms with E-state index < -0.39 is 0 Å². The summed E-state index contributed by atoms with van der Waals surface area (Å²) in [5.41, 5.74) is 5.79. The van der Waals surface area contributed by atoms with Crippen LogP contribution < -0.4 is 10.7 Å². The van der Waals surface area contributed by atoms with Crippen molar-refractivity contribution in [2.75, 3.05) is 12.0 Å². The van der Waals surface area contributed by atoms with Crippen LogP contribution in [0.5, 0.6) is 0 Å². The van der Waals surface area contributed by atoms with Crippen molar-refractivity contribution in [3.8, 4) is 0 Å². The minimum atomic E-state index is -0.0647. The predicted octanol–water partition coefficient (Wildman–Crippen LogP) is 4.53. The van der Waals surface area contributed by atoms with Gasteiger partial charge in [0.15, 0.2) is 5.78 Å². The zero-order chi connectivity index (χ0) is 21.4. The van der Waals surface area contributed by atoms with Crippen LogP contribution >= 0.6 is 0 Å². The molecule has 1 heterocycles. The van der Waals surface area contributed by atoms with E-state index in [4.69, 9.17) is 0 Å². The van der Waals surface area contributed by atoms with Gasteiger partial charge < -0.3 is 5.32 Å². The van der Waals surface area contributed by atoms with Crippen LogP contribution in [-0.2, 0) is 0 Å². The number of hydrogen-bond acceptors (Lipinski definition) is 5. The summed E-state index contributed by atoms with van der Waals surface area (Å²) in [6.45, 7) is 10.5. The lowest BCUT2D eigenvalue weighted by Gasteiger charge is -2.08. The van der Waals surface area contributed by atoms with Gasteiger partial charge in [0.05, 0.1) is 5.71 Å². The number of anilines is 1. The number of benzene rings is 1. The first-order valence-corrected chi connectivity index (χ1v) is 9.97. The molecule has 0 saturated carbocycles. The first kappa shape index (κ1) is 22.3. The van der Waals surface area contributed by atoms with E-state index in [2.05, 4.69) is 34.7 Å². The smallest absolute Gasteiger partial charge is 0.251 e. The predicted molar refractivity (Wildman–Crippen MR) is 117 cm³/mol. The van der Waals surface area contributed by atoms with Gasteiger partial charge in [0.25, 0.3) is 5.91 Å². The molecule has 1 aromatic heterocycles. The van der Waals surface area contributed by atoms with E-state index in [1.165, 1.54) is 0 Å². The van der Waals surface area contributed by atoms with Gasteiger partial charge in [-0.3, -0.25) is 15.0 Å². The van der Waals surface area contributed by atoms with Crippen molar-refractivity contribution in [2.45, 2.75) is 41.0 Å². The number of hydrogen-bond donors (Lipinski definition) is 2. The third-order valence-electron chi connectivity index (χ3n) is 4.48. The maximum Gasteiger partial charge on any atom is 0.251 e. The van der Waals surface area contributed by atoms with Gasteiger partial charge >= 0.3 is 0 Å². The van der Waals surface area contributed by atoms with Crippen molar-refractivity contribution in [3.05, 3.63) is 59.3 Å². The van der Waals surface area contributed by atoms with Crippen molar-refractivity contribution in [1.29, 1.82) is 0 Å². The Bertz CT molecular complexity index is 853. The first-order chi connectivity index (χ1) is 13.8. The van der Waals surface area contributed by atoms with Crippen LogP contribution in [0.15, 0.2) is 47.7 Å². The number of carbonyl (C=O) groups is 2. The number of Topliss-reactive ketones (excluding diaryl/α,β-unsaturated/α-hetero) is 1. The summed E-state index contributed by atoms with van der Waals surface area (Å²) < 4.78 is 0. The molecule has 0 atom stereocenters. The van der Waals surface area contributed by atoms with E-state index >= 15 is 0 Å². The highest BCUT2D eigenvalue weighted by molar-refractivity contribution is 6.01. The molecule has 0 fully saturated rings. The van der Waals surface area contributed by atoms with E-state index in [1.807, 2.05) is 32.9 Å². The van der Waals surface area contributed by atoms with Gasteiger partial charge in [-0.2, -0.15) is 5.10 Å². The van der Waals surface area contributed by atoms with Crippen molar-refractivity contribution in [1.82, 2.24) is 10.3 Å². The molecule has 6 heteroatoms. The van der Waals surface area contributed by atoms with E-state index in [1.54, 1.807) is 30.5 Å². The number of nitrogens with one attached hydrogen (secondary N) is 2. The van der Waals surface area contributed by atoms with Crippen molar-refractivity contribution in [3.63, 3.8) is 0 Å². The molecule has 2 rings (SSSR count). The number of amides is 1. The Kier molecular flexibility index (Phi) is 8.07. The zero-order valence-electron chi connectivity index (χ0n) is 17.8. The van der Waals surface area contributed by atoms with Gasteiger partial charge in [-0.05, 0) is 49.1 Å². The second-order valence-electron chi connectivity index (χ2n) is 7.78. The summed E-state index contributed by atoms with van der Waals surface area (Å²) in [5, 5.41) is 7.27. The van der Waals surface area contributed by atoms with Crippen molar-refractivity contribution < 1.29 is 9.59 Å². The van der Waals surface area contributed by atoms with Crippen LogP contribution in [0.2, 0.25) is 0 Å². The lowest BCUT2D eigenvalue weighted by molar-refractivity contribution is 0.0935. The molecule has 0 aliphatic carbocycles. The summed E-state index contributed by atoms with van der Waals surface area (Å²) in [7, 11) is 0. The second-order valence-corrected chi connectivity index (χ2v) is 7.78. The summed E-state index contributed by atoms with van der Waals surface area (Å²) >= 11 is 0. The Morgan fingerprint density at radius 2 is 1.59 bits per heavy atom. The highest BCUT2D eigenvalue weighted by atomic mass is 16.1. The quantitative estimate of drug-likeness (QED) is 0.372. The fourth-order valence-corrected chi connectivity index (χ4v) is 2.58. The van der Waals surface area contributed by atoms with E-state index in [0.29, 0.717) is 29.4 Å². The van der Waals surface area contributed by atoms with Crippen LogP contribution in [0.4, 0.5) is 5.82 Å². The zero-order valence-corrected chi connectivity index (χ0v) is 17.8. The third kappa shape index (κ3) is 6.82. The molecule has 0 aliphatic heterocycles. The third-order valence-corrected chi connectivity index (χ3v) is 4.48. The molecule has 2 N–H and O–H groups in total. The number of hydrazone groups is 1. The molecule has 0 unspecified atom stereocenters. The maximum atomic E-state index is 12.1. The molecule has 154 valence electrons. The van der Waals surface area contributed by atoms with Gasteiger partial charge in [0, 0.05) is 29.8 Å². The Morgan fingerprint density at radius 1 is 0.966 bits per heavy atom. The molecule has 0 spiro atoms. The van der Waals surface area contributed by atoms with Gasteiger partial charge in [-0.25, -0.2) is 4.98 Å². The molecule has 1 amide bonds. The molecule has 0 bridgehead atoms. The van der Waals surface area contributed by atoms with Crippen LogP contribution in [0.1, 0.15) is 67.3 Å². The minimum absolute atomic E-state index is 0.0591. The average molecular weight is 395 g/mol. The highest BCUT2D eigenvalue weighted by Crippen LogP contribution is 2.11. The monoisotopic (exact) mass is 394 g/mol. The van der Waals surface area contributed by atoms with Crippen LogP contribution in [-0.4, -0.2) is 28.9 Å². The fraction of sp³-hybridized carbons (Fsp3) is 0.391. The molecule has 29 heavy (non-hydrogen) atoms. The Morgan fingerprint density at radius 3 is 2.14 bits per heavy atom. The lowest BCUT2D eigenvalue weighted by atomic mass is 10.0. The van der Waals surface area contributed by atoms with E-state index in [0.717, 1.165) is 17.7 Å². The van der Waals surface area contributed by atoms with Crippen molar-refractivity contribution >= 4 is 23.2 Å². The van der Waals surface area contributed by atoms with Gasteiger partial charge in [-0.1, -0.05) is 39.8 Å². The molecule has 6 nitrogen and oxygen atoms in total. The van der Waals surface area contributed by atoms with Crippen LogP contribution in [0, 0.1) is 11.8 Å². The number of rotatable bonds is 9. The van der Waals surface area contributed by atoms with Gasteiger partial charge in [0.2, 0.25) is 0 Å². The number of ketones is 1. The summed E-state index contributed by atoms with van der Waals surface area (Å²) in [4.78, 5) is 28.3. The van der Waals surface area contributed by atoms with Gasteiger partial charge in [-0.15, -0.1) is 0 Å².